The lowest BCUT2D eigenvalue weighted by Crippen LogP contribution is -2.23. The normalized spacial score (nSPS) is 11.8. The summed E-state index contributed by atoms with van der Waals surface area (Å²) in [6, 6.07) is 4.51. The maximum atomic E-state index is 12.3. The van der Waals surface area contributed by atoms with Gasteiger partial charge in [-0.15, -0.1) is 11.3 Å². The molecule has 0 saturated heterocycles. The highest BCUT2D eigenvalue weighted by Crippen LogP contribution is 2.30. The summed E-state index contributed by atoms with van der Waals surface area (Å²) in [5.41, 5.74) is 0.267. The number of rotatable bonds is 5. The van der Waals surface area contributed by atoms with E-state index in [1.165, 1.54) is 23.5 Å². The smallest absolute Gasteiger partial charge is 0.242 e. The fourth-order valence-electron chi connectivity index (χ4n) is 1.62. The Morgan fingerprint density at radius 2 is 2.00 bits per heavy atom. The molecule has 114 valence electrons. The van der Waals surface area contributed by atoms with Crippen LogP contribution in [0.1, 0.15) is 10.4 Å². The van der Waals surface area contributed by atoms with Crippen LogP contribution in [0.4, 0.5) is 0 Å². The summed E-state index contributed by atoms with van der Waals surface area (Å²) in [5, 5.41) is 11.2. The van der Waals surface area contributed by atoms with Gasteiger partial charge in [0.2, 0.25) is 10.0 Å². The van der Waals surface area contributed by atoms with Gasteiger partial charge in [-0.3, -0.25) is 0 Å². The Hall–Kier alpha value is -0.150. The van der Waals surface area contributed by atoms with E-state index >= 15 is 0 Å². The van der Waals surface area contributed by atoms with E-state index < -0.39 is 10.0 Å². The Labute approximate surface area is 144 Å². The molecule has 4 nitrogen and oxygen atoms in total. The molecule has 0 amide bonds. The quantitative estimate of drug-likeness (QED) is 0.758. The van der Waals surface area contributed by atoms with Crippen molar-refractivity contribution >= 4 is 60.5 Å². The molecule has 9 heteroatoms. The molecule has 0 saturated carbocycles. The van der Waals surface area contributed by atoms with Crippen molar-refractivity contribution in [3.8, 4) is 0 Å². The largest absolute Gasteiger partial charge is 0.392 e. The summed E-state index contributed by atoms with van der Waals surface area (Å²) < 4.78 is 28.0. The van der Waals surface area contributed by atoms with Crippen molar-refractivity contribution in [3.63, 3.8) is 0 Å². The van der Waals surface area contributed by atoms with Gasteiger partial charge in [0.05, 0.1) is 11.6 Å². The summed E-state index contributed by atoms with van der Waals surface area (Å²) in [5.74, 6) is 0. The van der Waals surface area contributed by atoms with Gasteiger partial charge in [-0.2, -0.15) is 0 Å². The predicted molar refractivity (Wildman–Crippen MR) is 88.4 cm³/mol. The molecular formula is C12H10BrCl2NO3S2. The van der Waals surface area contributed by atoms with E-state index in [0.717, 1.165) is 9.35 Å². The number of aliphatic hydroxyl groups is 1. The van der Waals surface area contributed by atoms with Gasteiger partial charge in [-0.1, -0.05) is 23.2 Å². The minimum Gasteiger partial charge on any atom is -0.392 e. The first-order valence-corrected chi connectivity index (χ1v) is 9.56. The van der Waals surface area contributed by atoms with Gasteiger partial charge in [0, 0.05) is 26.3 Å². The zero-order valence-corrected chi connectivity index (χ0v) is 15.2. The van der Waals surface area contributed by atoms with Crippen molar-refractivity contribution in [1.29, 1.82) is 0 Å². The molecule has 0 fully saturated rings. The first-order valence-electron chi connectivity index (χ1n) is 5.65. The Bertz CT molecular complexity index is 762. The molecule has 2 N–H and O–H groups in total. The molecule has 0 spiro atoms. The lowest BCUT2D eigenvalue weighted by atomic mass is 10.2. The monoisotopic (exact) mass is 429 g/mol. The van der Waals surface area contributed by atoms with Crippen molar-refractivity contribution < 1.29 is 13.5 Å². The number of nitrogens with one attached hydrogen (secondary N) is 1. The van der Waals surface area contributed by atoms with E-state index in [9.17, 15) is 13.5 Å². The second-order valence-electron chi connectivity index (χ2n) is 4.09. The van der Waals surface area contributed by atoms with Gasteiger partial charge in [0.15, 0.2) is 0 Å². The van der Waals surface area contributed by atoms with Crippen LogP contribution in [0.25, 0.3) is 0 Å². The zero-order chi connectivity index (χ0) is 15.6. The molecule has 21 heavy (non-hydrogen) atoms. The third-order valence-electron chi connectivity index (χ3n) is 2.60. The van der Waals surface area contributed by atoms with Crippen molar-refractivity contribution in [2.75, 3.05) is 0 Å². The maximum Gasteiger partial charge on any atom is 0.242 e. The van der Waals surface area contributed by atoms with E-state index in [1.54, 1.807) is 0 Å². The van der Waals surface area contributed by atoms with Gasteiger partial charge in [0.25, 0.3) is 0 Å². The van der Waals surface area contributed by atoms with Crippen LogP contribution in [0, 0.1) is 0 Å². The molecule has 0 bridgehead atoms. The van der Waals surface area contributed by atoms with Gasteiger partial charge < -0.3 is 5.11 Å². The third kappa shape index (κ3) is 4.19. The molecule has 2 aromatic rings. The average molecular weight is 431 g/mol. The third-order valence-corrected chi connectivity index (χ3v) is 6.50. The molecule has 1 aromatic heterocycles. The van der Waals surface area contributed by atoms with Crippen LogP contribution >= 0.6 is 50.5 Å². The molecule has 1 heterocycles. The predicted octanol–water partition coefficient (Wildman–Crippen LogP) is 3.79. The maximum absolute atomic E-state index is 12.3. The van der Waals surface area contributed by atoms with Crippen molar-refractivity contribution in [1.82, 2.24) is 4.72 Å². The molecule has 1 aromatic carbocycles. The number of thiophene rings is 1. The number of benzene rings is 1. The lowest BCUT2D eigenvalue weighted by Gasteiger charge is -2.11. The van der Waals surface area contributed by atoms with Crippen LogP contribution in [0.5, 0.6) is 0 Å². The molecule has 0 radical (unpaired) electrons. The lowest BCUT2D eigenvalue weighted by molar-refractivity contribution is 0.281. The van der Waals surface area contributed by atoms with Crippen molar-refractivity contribution in [2.45, 2.75) is 18.0 Å². The highest BCUT2D eigenvalue weighted by molar-refractivity contribution is 9.10. The summed E-state index contributed by atoms with van der Waals surface area (Å²) in [7, 11) is -3.82. The standard InChI is InChI=1S/C12H10BrCl2NO3S2/c13-8-2-10(20-6-8)4-16-21(18,19)11-3-9(14)1-7(5-17)12(11)15/h1-3,6,16-17H,4-5H2. The molecule has 0 aliphatic rings. The average Bonchev–Trinajstić information content (AvgIpc) is 2.84. The summed E-state index contributed by atoms with van der Waals surface area (Å²) in [4.78, 5) is 0.710. The van der Waals surface area contributed by atoms with Gasteiger partial charge in [-0.05, 0) is 39.7 Å². The fourth-order valence-corrected chi connectivity index (χ4v) is 5.03. The summed E-state index contributed by atoms with van der Waals surface area (Å²) >= 11 is 16.6. The topological polar surface area (TPSA) is 66.4 Å². The second-order valence-corrected chi connectivity index (χ2v) is 8.55. The Balaban J connectivity index is 2.29. The molecule has 2 rings (SSSR count). The van der Waals surface area contributed by atoms with Crippen LogP contribution < -0.4 is 4.72 Å². The van der Waals surface area contributed by atoms with Crippen LogP contribution in [0.2, 0.25) is 10.0 Å². The van der Waals surface area contributed by atoms with E-state index in [0.29, 0.717) is 0 Å². The van der Waals surface area contributed by atoms with Gasteiger partial charge >= 0.3 is 0 Å². The van der Waals surface area contributed by atoms with Crippen molar-refractivity contribution in [2.24, 2.45) is 0 Å². The number of hydrogen-bond donors (Lipinski definition) is 2. The molecular weight excluding hydrogens is 421 g/mol. The Morgan fingerprint density at radius 1 is 1.29 bits per heavy atom. The zero-order valence-electron chi connectivity index (χ0n) is 10.4. The second kappa shape index (κ2) is 6.95. The number of sulfonamides is 1. The van der Waals surface area contributed by atoms with Crippen LogP contribution in [-0.4, -0.2) is 13.5 Å². The van der Waals surface area contributed by atoms with E-state index in [4.69, 9.17) is 23.2 Å². The SMILES string of the molecule is O=S(=O)(NCc1cc(Br)cs1)c1cc(Cl)cc(CO)c1Cl. The highest BCUT2D eigenvalue weighted by Gasteiger charge is 2.21. The number of hydrogen-bond acceptors (Lipinski definition) is 4. The van der Waals surface area contributed by atoms with E-state index in [1.807, 2.05) is 11.4 Å². The molecule has 0 aliphatic heterocycles. The number of aliphatic hydroxyl groups excluding tert-OH is 1. The van der Waals surface area contributed by atoms with Crippen LogP contribution in [-0.2, 0) is 23.2 Å². The van der Waals surface area contributed by atoms with E-state index in [-0.39, 0.29) is 33.7 Å². The van der Waals surface area contributed by atoms with Gasteiger partial charge in [-0.25, -0.2) is 13.1 Å². The molecule has 0 atom stereocenters. The van der Waals surface area contributed by atoms with E-state index in [2.05, 4.69) is 20.7 Å². The first kappa shape index (κ1) is 17.2. The first-order chi connectivity index (χ1) is 9.83. The Morgan fingerprint density at radius 3 is 2.57 bits per heavy atom. The molecule has 0 aliphatic carbocycles. The minimum atomic E-state index is -3.82. The summed E-state index contributed by atoms with van der Waals surface area (Å²) in [6.45, 7) is -0.240. The highest BCUT2D eigenvalue weighted by atomic mass is 79.9. The van der Waals surface area contributed by atoms with Gasteiger partial charge in [0.1, 0.15) is 4.90 Å². The Kier molecular flexibility index (Phi) is 5.70. The molecule has 0 unspecified atom stereocenters. The van der Waals surface area contributed by atoms with Crippen LogP contribution in [0.3, 0.4) is 0 Å². The fraction of sp³-hybridized carbons (Fsp3) is 0.167. The van der Waals surface area contributed by atoms with Crippen LogP contribution in [0.15, 0.2) is 32.9 Å². The summed E-state index contributed by atoms with van der Waals surface area (Å²) in [6.07, 6.45) is 0. The number of halogens is 3. The van der Waals surface area contributed by atoms with Crippen molar-refractivity contribution in [3.05, 3.63) is 48.5 Å². The minimum absolute atomic E-state index is 0.0261.